The van der Waals surface area contributed by atoms with E-state index in [9.17, 15) is 0 Å². The van der Waals surface area contributed by atoms with Crippen molar-refractivity contribution in [2.45, 2.75) is 142 Å². The summed E-state index contributed by atoms with van der Waals surface area (Å²) in [5.41, 5.74) is 5.98. The van der Waals surface area contributed by atoms with Crippen LogP contribution in [0.4, 0.5) is 0 Å². The summed E-state index contributed by atoms with van der Waals surface area (Å²) in [5, 5.41) is -0.00229. The van der Waals surface area contributed by atoms with Gasteiger partial charge in [-0.3, -0.25) is 0 Å². The molecule has 1 heterocycles. The van der Waals surface area contributed by atoms with Gasteiger partial charge in [0.2, 0.25) is 0 Å². The molecular formula is C30H60OSi6. The second-order valence-corrected chi connectivity index (χ2v) is 60.2. The van der Waals surface area contributed by atoms with E-state index in [1.165, 1.54) is 38.5 Å². The lowest BCUT2D eigenvalue weighted by Crippen LogP contribution is -2.95. The first-order chi connectivity index (χ1) is 16.4. The molecular weight excluding hydrogens is 545 g/mol. The Kier molecular flexibility index (Phi) is 7.24. The SMILES string of the molecule is C[Si](C)(C)C#CC1=C([Si](C)(C)C)[Si]([Si](C)(C)C)([Si](C)(C)C)C1(O[Si](C)(C)C)C12CC3CC(CC(C3)C1)C2. The zero-order valence-corrected chi connectivity index (χ0v) is 33.4. The molecule has 7 heteroatoms. The summed E-state index contributed by atoms with van der Waals surface area (Å²) < 4.78 is 8.17. The molecule has 0 aromatic carbocycles. The fraction of sp³-hybridized carbons (Fsp3) is 0.867. The van der Waals surface area contributed by atoms with Crippen LogP contribution >= 0.6 is 0 Å². The Morgan fingerprint density at radius 1 is 0.676 bits per heavy atom. The van der Waals surface area contributed by atoms with Gasteiger partial charge in [0.05, 0.1) is 13.3 Å². The molecule has 210 valence electrons. The fourth-order valence-corrected chi connectivity index (χ4v) is 83.9. The first-order valence-electron chi connectivity index (χ1n) is 15.4. The molecule has 0 aromatic heterocycles. The minimum atomic E-state index is -2.00. The van der Waals surface area contributed by atoms with E-state index in [0.29, 0.717) is 5.41 Å². The maximum absolute atomic E-state index is 8.17. The Morgan fingerprint density at radius 3 is 1.38 bits per heavy atom. The molecule has 4 bridgehead atoms. The molecule has 37 heavy (non-hydrogen) atoms. The van der Waals surface area contributed by atoms with Crippen molar-refractivity contribution in [3.05, 3.63) is 10.4 Å². The van der Waals surface area contributed by atoms with E-state index >= 15 is 0 Å². The summed E-state index contributed by atoms with van der Waals surface area (Å²) in [5.74, 6) is 7.00. The lowest BCUT2D eigenvalue weighted by molar-refractivity contribution is -0.123. The molecule has 0 amide bonds. The van der Waals surface area contributed by atoms with Gasteiger partial charge in [0, 0.05) is 26.2 Å². The number of hydrogen-bond donors (Lipinski definition) is 0. The Morgan fingerprint density at radius 2 is 1.08 bits per heavy atom. The first kappa shape index (κ1) is 30.5. The van der Waals surface area contributed by atoms with Crippen LogP contribution in [0.25, 0.3) is 0 Å². The summed E-state index contributed by atoms with van der Waals surface area (Å²) in [6.45, 7) is 39.7. The highest BCUT2D eigenvalue weighted by Crippen LogP contribution is 2.74. The van der Waals surface area contributed by atoms with Gasteiger partial charge >= 0.3 is 0 Å². The third-order valence-electron chi connectivity index (χ3n) is 10.3. The van der Waals surface area contributed by atoms with Crippen molar-refractivity contribution >= 4 is 46.8 Å². The minimum Gasteiger partial charge on any atom is -0.410 e. The van der Waals surface area contributed by atoms with Crippen LogP contribution in [-0.2, 0) is 4.43 Å². The average molecular weight is 605 g/mol. The van der Waals surface area contributed by atoms with Crippen LogP contribution in [0.15, 0.2) is 10.4 Å². The molecule has 0 saturated heterocycles. The zero-order valence-electron chi connectivity index (χ0n) is 27.4. The van der Waals surface area contributed by atoms with Crippen LogP contribution in [-0.4, -0.2) is 52.0 Å². The predicted molar refractivity (Wildman–Crippen MR) is 182 cm³/mol. The van der Waals surface area contributed by atoms with E-state index in [1.54, 1.807) is 5.57 Å². The standard InChI is InChI=1S/C30H60OSi6/c1-32(2,3)17-16-27-28(33(4,5)6)37(35(10,11)12,36(13,14)15)30(27,31-34(7,8)9)29-21-24-18-25(22-29)20-26(19-24)23-29/h24-26H,18-23H2,1-15H3. The Labute approximate surface area is 237 Å². The molecule has 0 radical (unpaired) electrons. The van der Waals surface area contributed by atoms with E-state index in [2.05, 4.69) is 110 Å². The fourth-order valence-electron chi connectivity index (χ4n) is 10.8. The third kappa shape index (κ3) is 4.59. The van der Waals surface area contributed by atoms with Gasteiger partial charge in [-0.25, -0.2) is 0 Å². The van der Waals surface area contributed by atoms with E-state index in [-0.39, 0.29) is 5.22 Å². The maximum atomic E-state index is 8.17. The normalized spacial score (nSPS) is 35.8. The average Bonchev–Trinajstić information content (AvgIpc) is 2.58. The smallest absolute Gasteiger partial charge is 0.184 e. The third-order valence-corrected chi connectivity index (χ3v) is 57.0. The predicted octanol–water partition coefficient (Wildman–Crippen LogP) is 9.22. The second kappa shape index (κ2) is 8.78. The second-order valence-electron chi connectivity index (χ2n) is 18.8. The minimum absolute atomic E-state index is 0.00229. The molecule has 5 aliphatic rings. The van der Waals surface area contributed by atoms with Crippen molar-refractivity contribution in [2.75, 3.05) is 0 Å². The largest absolute Gasteiger partial charge is 0.410 e. The highest BCUT2D eigenvalue weighted by Gasteiger charge is 2.83. The molecule has 0 spiro atoms. The first-order valence-corrected chi connectivity index (χ1v) is 36.8. The van der Waals surface area contributed by atoms with Gasteiger partial charge < -0.3 is 4.43 Å². The molecule has 1 atom stereocenters. The van der Waals surface area contributed by atoms with Crippen molar-refractivity contribution in [1.29, 1.82) is 0 Å². The van der Waals surface area contributed by atoms with Crippen molar-refractivity contribution < 1.29 is 4.43 Å². The van der Waals surface area contributed by atoms with Crippen molar-refractivity contribution in [3.63, 3.8) is 0 Å². The van der Waals surface area contributed by atoms with Crippen LogP contribution < -0.4 is 0 Å². The topological polar surface area (TPSA) is 9.23 Å². The summed E-state index contributed by atoms with van der Waals surface area (Å²) >= 11 is 0. The molecule has 1 nitrogen and oxygen atoms in total. The molecule has 0 N–H and O–H groups in total. The lowest BCUT2D eigenvalue weighted by Gasteiger charge is -2.79. The quantitative estimate of drug-likeness (QED) is 0.217. The van der Waals surface area contributed by atoms with Gasteiger partial charge in [-0.05, 0) is 75.9 Å². The highest BCUT2D eigenvalue weighted by molar-refractivity contribution is 7.75. The van der Waals surface area contributed by atoms with E-state index in [1.807, 2.05) is 4.82 Å². The summed E-state index contributed by atoms with van der Waals surface area (Å²) in [6, 6.07) is 0. The van der Waals surface area contributed by atoms with Gasteiger partial charge in [-0.15, -0.1) is 5.54 Å². The van der Waals surface area contributed by atoms with Crippen LogP contribution in [0, 0.1) is 34.6 Å². The van der Waals surface area contributed by atoms with Crippen LogP contribution in [0.2, 0.25) is 98.2 Å². The van der Waals surface area contributed by atoms with Crippen LogP contribution in [0.5, 0.6) is 0 Å². The van der Waals surface area contributed by atoms with Gasteiger partial charge in [-0.1, -0.05) is 89.3 Å². The van der Waals surface area contributed by atoms with E-state index in [0.717, 1.165) is 17.8 Å². The number of hydrogen-bond acceptors (Lipinski definition) is 1. The Hall–Kier alpha value is 0.561. The molecule has 5 rings (SSSR count). The molecule has 4 fully saturated rings. The van der Waals surface area contributed by atoms with Gasteiger partial charge in [0.15, 0.2) is 8.32 Å². The number of rotatable bonds is 6. The molecule has 4 saturated carbocycles. The monoisotopic (exact) mass is 604 g/mol. The molecule has 0 aromatic rings. The summed E-state index contributed by atoms with van der Waals surface area (Å²) in [4.78, 5) is 2.03. The van der Waals surface area contributed by atoms with Crippen LogP contribution in [0.3, 0.4) is 0 Å². The van der Waals surface area contributed by atoms with Crippen molar-refractivity contribution in [3.8, 4) is 11.5 Å². The zero-order chi connectivity index (χ0) is 28.3. The Balaban J connectivity index is 2.21. The van der Waals surface area contributed by atoms with Gasteiger partial charge in [-0.2, -0.15) is 0 Å². The lowest BCUT2D eigenvalue weighted by atomic mass is 9.47. The Bertz CT molecular complexity index is 979. The maximum Gasteiger partial charge on any atom is 0.184 e. The van der Waals surface area contributed by atoms with E-state index < -0.39 is 46.8 Å². The van der Waals surface area contributed by atoms with E-state index in [4.69, 9.17) is 4.43 Å². The van der Waals surface area contributed by atoms with Gasteiger partial charge in [0.1, 0.15) is 15.2 Å². The summed E-state index contributed by atoms with van der Waals surface area (Å²) in [7, 11) is -10.2. The van der Waals surface area contributed by atoms with Crippen molar-refractivity contribution in [2.24, 2.45) is 23.2 Å². The van der Waals surface area contributed by atoms with Crippen LogP contribution in [0.1, 0.15) is 38.5 Å². The molecule has 1 unspecified atom stereocenters. The van der Waals surface area contributed by atoms with Gasteiger partial charge in [0.25, 0.3) is 0 Å². The molecule has 1 aliphatic heterocycles. The molecule has 4 aliphatic carbocycles. The van der Waals surface area contributed by atoms with Crippen molar-refractivity contribution in [1.82, 2.24) is 0 Å². The summed E-state index contributed by atoms with van der Waals surface area (Å²) in [6.07, 6.45) is 8.88. The highest BCUT2D eigenvalue weighted by atomic mass is 29.6.